The summed E-state index contributed by atoms with van der Waals surface area (Å²) in [6.07, 6.45) is -13.2. The molecule has 0 aliphatic rings. The molecule has 30 heavy (non-hydrogen) atoms. The van der Waals surface area contributed by atoms with Crippen LogP contribution in [-0.4, -0.2) is 36.5 Å². The second-order valence-corrected chi connectivity index (χ2v) is 8.47. The van der Waals surface area contributed by atoms with Gasteiger partial charge in [-0.05, 0) is 31.1 Å². The minimum absolute atomic E-state index is 0.164. The monoisotopic (exact) mass is 457 g/mol. The fraction of sp³-hybridized carbons (Fsp3) is 0.947. The van der Waals surface area contributed by atoms with Crippen LogP contribution in [0.1, 0.15) is 79.1 Å². The van der Waals surface area contributed by atoms with E-state index in [0.717, 1.165) is 19.3 Å². The number of hydrogen-bond acceptors (Lipinski definition) is 2. The molecule has 0 heterocycles. The Labute approximate surface area is 171 Å². The SMILES string of the molecule is CCC(F)(F)C(F)(F)OC(F)(F)C(F)(F)CCCCC(=O)NCCCCC(C)(C)C. The Morgan fingerprint density at radius 1 is 0.767 bits per heavy atom. The number of ether oxygens (including phenoxy) is 1. The predicted molar refractivity (Wildman–Crippen MR) is 95.9 cm³/mol. The zero-order valence-electron chi connectivity index (χ0n) is 17.7. The summed E-state index contributed by atoms with van der Waals surface area (Å²) in [5.74, 6) is -10.6. The summed E-state index contributed by atoms with van der Waals surface area (Å²) >= 11 is 0. The zero-order valence-corrected chi connectivity index (χ0v) is 17.7. The Balaban J connectivity index is 4.37. The highest BCUT2D eigenvalue weighted by atomic mass is 19.3. The summed E-state index contributed by atoms with van der Waals surface area (Å²) in [4.78, 5) is 11.6. The molecule has 1 N–H and O–H groups in total. The number of unbranched alkanes of at least 4 members (excludes halogenated alkanes) is 2. The van der Waals surface area contributed by atoms with E-state index in [0.29, 0.717) is 13.5 Å². The van der Waals surface area contributed by atoms with E-state index >= 15 is 0 Å². The Kier molecular flexibility index (Phi) is 10.5. The standard InChI is InChI=1S/C19H31F8NO2/c1-5-16(20,21)18(24,25)30-19(26,27)17(22,23)12-7-6-10-14(29)28-13-9-8-11-15(2,3)4/h5-13H2,1-4H3,(H,28,29). The maximum atomic E-state index is 13.6. The summed E-state index contributed by atoms with van der Waals surface area (Å²) in [6.45, 7) is 7.19. The Morgan fingerprint density at radius 2 is 1.27 bits per heavy atom. The average Bonchev–Trinajstić information content (AvgIpc) is 2.56. The molecular weight excluding hydrogens is 426 g/mol. The Hall–Kier alpha value is -1.13. The number of alkyl halides is 8. The summed E-state index contributed by atoms with van der Waals surface area (Å²) in [5.41, 5.74) is 0.164. The molecule has 0 radical (unpaired) electrons. The average molecular weight is 457 g/mol. The molecule has 3 nitrogen and oxygen atoms in total. The Morgan fingerprint density at radius 3 is 1.77 bits per heavy atom. The van der Waals surface area contributed by atoms with Crippen LogP contribution < -0.4 is 5.32 Å². The third kappa shape index (κ3) is 9.78. The highest BCUT2D eigenvalue weighted by molar-refractivity contribution is 5.75. The first-order valence-corrected chi connectivity index (χ1v) is 9.85. The van der Waals surface area contributed by atoms with Crippen molar-refractivity contribution in [2.45, 2.75) is 103 Å². The lowest BCUT2D eigenvalue weighted by Gasteiger charge is -2.32. The molecular formula is C19H31F8NO2. The van der Waals surface area contributed by atoms with Crippen LogP contribution in [0.5, 0.6) is 0 Å². The molecule has 0 unspecified atom stereocenters. The highest BCUT2D eigenvalue weighted by Gasteiger charge is 2.67. The topological polar surface area (TPSA) is 38.3 Å². The van der Waals surface area contributed by atoms with E-state index < -0.39 is 49.2 Å². The van der Waals surface area contributed by atoms with Crippen molar-refractivity contribution in [2.75, 3.05) is 6.54 Å². The molecule has 11 heteroatoms. The molecule has 0 aliphatic heterocycles. The quantitative estimate of drug-likeness (QED) is 0.231. The van der Waals surface area contributed by atoms with Gasteiger partial charge >= 0.3 is 24.1 Å². The molecule has 0 saturated heterocycles. The van der Waals surface area contributed by atoms with Crippen LogP contribution in [0.3, 0.4) is 0 Å². The first-order valence-electron chi connectivity index (χ1n) is 9.85. The van der Waals surface area contributed by atoms with E-state index in [1.165, 1.54) is 0 Å². The van der Waals surface area contributed by atoms with Crippen LogP contribution in [0.15, 0.2) is 0 Å². The summed E-state index contributed by atoms with van der Waals surface area (Å²) in [6, 6.07) is 0. The third-order valence-electron chi connectivity index (χ3n) is 4.37. The van der Waals surface area contributed by atoms with Gasteiger partial charge in [0.2, 0.25) is 5.91 Å². The van der Waals surface area contributed by atoms with Gasteiger partial charge < -0.3 is 5.32 Å². The van der Waals surface area contributed by atoms with Gasteiger partial charge in [-0.15, -0.1) is 0 Å². The second kappa shape index (κ2) is 10.9. The minimum atomic E-state index is -5.80. The second-order valence-electron chi connectivity index (χ2n) is 8.47. The van der Waals surface area contributed by atoms with Gasteiger partial charge in [0.25, 0.3) is 0 Å². The smallest absolute Gasteiger partial charge is 0.356 e. The molecule has 1 amide bonds. The summed E-state index contributed by atoms with van der Waals surface area (Å²) in [5, 5.41) is 2.57. The molecule has 0 aliphatic carbocycles. The van der Waals surface area contributed by atoms with E-state index in [1.807, 2.05) is 0 Å². The van der Waals surface area contributed by atoms with Gasteiger partial charge in [0, 0.05) is 25.8 Å². The zero-order chi connectivity index (χ0) is 23.9. The van der Waals surface area contributed by atoms with E-state index in [2.05, 4.69) is 30.8 Å². The number of halogens is 8. The van der Waals surface area contributed by atoms with Crippen LogP contribution in [0.2, 0.25) is 0 Å². The normalized spacial score (nSPS) is 14.1. The van der Waals surface area contributed by atoms with Crippen LogP contribution in [0.4, 0.5) is 35.1 Å². The van der Waals surface area contributed by atoms with E-state index in [9.17, 15) is 39.9 Å². The van der Waals surface area contributed by atoms with Crippen molar-refractivity contribution < 1.29 is 44.7 Å². The fourth-order valence-corrected chi connectivity index (χ4v) is 2.39. The lowest BCUT2D eigenvalue weighted by atomic mass is 9.90. The maximum Gasteiger partial charge on any atom is 0.423 e. The van der Waals surface area contributed by atoms with Gasteiger partial charge in [0.1, 0.15) is 0 Å². The molecule has 180 valence electrons. The van der Waals surface area contributed by atoms with Crippen LogP contribution in [-0.2, 0) is 9.53 Å². The number of carbonyl (C=O) groups is 1. The van der Waals surface area contributed by atoms with E-state index in [4.69, 9.17) is 0 Å². The molecule has 0 rings (SSSR count). The van der Waals surface area contributed by atoms with Crippen LogP contribution >= 0.6 is 0 Å². The van der Waals surface area contributed by atoms with Crippen molar-refractivity contribution in [1.82, 2.24) is 5.32 Å². The van der Waals surface area contributed by atoms with Crippen molar-refractivity contribution >= 4 is 5.91 Å². The Bertz CT molecular complexity index is 533. The van der Waals surface area contributed by atoms with Gasteiger partial charge in [0.05, 0.1) is 0 Å². The molecule has 0 aromatic carbocycles. The lowest BCUT2D eigenvalue weighted by Crippen LogP contribution is -2.53. The van der Waals surface area contributed by atoms with Crippen molar-refractivity contribution in [3.63, 3.8) is 0 Å². The predicted octanol–water partition coefficient (Wildman–Crippen LogP) is 6.76. The molecule has 0 atom stereocenters. The number of rotatable bonds is 14. The first kappa shape index (κ1) is 28.9. The maximum absolute atomic E-state index is 13.6. The fourth-order valence-electron chi connectivity index (χ4n) is 2.39. The van der Waals surface area contributed by atoms with Crippen LogP contribution in [0, 0.1) is 5.41 Å². The van der Waals surface area contributed by atoms with Crippen molar-refractivity contribution in [3.8, 4) is 0 Å². The molecule has 0 spiro atoms. The van der Waals surface area contributed by atoms with Crippen molar-refractivity contribution in [3.05, 3.63) is 0 Å². The molecule has 0 aromatic rings. The van der Waals surface area contributed by atoms with Gasteiger partial charge in [0.15, 0.2) is 0 Å². The van der Waals surface area contributed by atoms with Crippen LogP contribution in [0.25, 0.3) is 0 Å². The number of hydrogen-bond donors (Lipinski definition) is 1. The summed E-state index contributed by atoms with van der Waals surface area (Å²) < 4.78 is 109. The largest absolute Gasteiger partial charge is 0.423 e. The highest BCUT2D eigenvalue weighted by Crippen LogP contribution is 2.47. The van der Waals surface area contributed by atoms with Gasteiger partial charge in [-0.1, -0.05) is 34.1 Å². The van der Waals surface area contributed by atoms with Crippen molar-refractivity contribution in [1.29, 1.82) is 0 Å². The third-order valence-corrected chi connectivity index (χ3v) is 4.37. The van der Waals surface area contributed by atoms with Gasteiger partial charge in [-0.25, -0.2) is 4.74 Å². The molecule has 0 saturated carbocycles. The van der Waals surface area contributed by atoms with Gasteiger partial charge in [-0.2, -0.15) is 35.1 Å². The molecule has 0 fully saturated rings. The van der Waals surface area contributed by atoms with Gasteiger partial charge in [-0.3, -0.25) is 4.79 Å². The number of carbonyl (C=O) groups excluding carboxylic acids is 1. The lowest BCUT2D eigenvalue weighted by molar-refractivity contribution is -0.468. The van der Waals surface area contributed by atoms with Crippen molar-refractivity contribution in [2.24, 2.45) is 5.41 Å². The van der Waals surface area contributed by atoms with E-state index in [-0.39, 0.29) is 18.3 Å². The number of nitrogens with one attached hydrogen (secondary N) is 1. The van der Waals surface area contributed by atoms with E-state index in [1.54, 1.807) is 0 Å². The number of amides is 1. The molecule has 0 bridgehead atoms. The summed E-state index contributed by atoms with van der Waals surface area (Å²) in [7, 11) is 0. The molecule has 0 aromatic heterocycles. The first-order chi connectivity index (χ1) is 13.4. The minimum Gasteiger partial charge on any atom is -0.356 e.